The highest BCUT2D eigenvalue weighted by molar-refractivity contribution is 7.20. The Morgan fingerprint density at radius 3 is 1.17 bits per heavy atom. The van der Waals surface area contributed by atoms with Crippen LogP contribution in [-0.2, 0) is 27.6 Å². The molecule has 8 aromatic heterocycles. The van der Waals surface area contributed by atoms with E-state index in [0.717, 1.165) is 46.0 Å². The van der Waals surface area contributed by atoms with Gasteiger partial charge < -0.3 is 37.3 Å². The van der Waals surface area contributed by atoms with Gasteiger partial charge in [-0.05, 0) is 219 Å². The van der Waals surface area contributed by atoms with Crippen LogP contribution in [-0.4, -0.2) is 0 Å². The number of hydrogen-bond acceptors (Lipinski definition) is 12. The van der Waals surface area contributed by atoms with Crippen LogP contribution in [0.2, 0.25) is 0 Å². The summed E-state index contributed by atoms with van der Waals surface area (Å²) in [6.45, 7) is 30.7. The number of aryl methyl sites for hydroxylation is 4. The molecule has 5 atom stereocenters. The highest BCUT2D eigenvalue weighted by Crippen LogP contribution is 2.73. The van der Waals surface area contributed by atoms with Crippen molar-refractivity contribution in [2.75, 3.05) is 19.6 Å². The van der Waals surface area contributed by atoms with Crippen LogP contribution in [0.3, 0.4) is 0 Å². The Hall–Kier alpha value is -6.96. The first-order valence-electron chi connectivity index (χ1n) is 38.2. The number of nitrogens with zero attached hydrogens (tertiary/aromatic N) is 4. The third-order valence-electron chi connectivity index (χ3n) is 28.5. The Morgan fingerprint density at radius 1 is 0.366 bits per heavy atom. The summed E-state index contributed by atoms with van der Waals surface area (Å²) in [4.78, 5) is 17.3. The molecule has 522 valence electrons. The van der Waals surface area contributed by atoms with E-state index in [9.17, 15) is 0 Å². The molecule has 0 amide bonds. The largest absolute Gasteiger partial charge is 0.463 e. The van der Waals surface area contributed by atoms with Gasteiger partial charge in [-0.1, -0.05) is 133 Å². The van der Waals surface area contributed by atoms with E-state index in [-0.39, 0.29) is 33.0 Å². The minimum atomic E-state index is -0.0590. The number of anilines is 4. The summed E-state index contributed by atoms with van der Waals surface area (Å²) < 4.78 is 29.1. The minimum Gasteiger partial charge on any atom is -0.463 e. The quantitative estimate of drug-likeness (QED) is 0.173. The van der Waals surface area contributed by atoms with E-state index in [2.05, 4.69) is 225 Å². The van der Waals surface area contributed by atoms with Gasteiger partial charge in [0.15, 0.2) is 0 Å². The van der Waals surface area contributed by atoms with Crippen LogP contribution >= 0.6 is 45.3 Å². The Labute approximate surface area is 612 Å². The van der Waals surface area contributed by atoms with Crippen LogP contribution in [0.4, 0.5) is 22.7 Å². The van der Waals surface area contributed by atoms with E-state index in [4.69, 9.17) is 17.7 Å². The summed E-state index contributed by atoms with van der Waals surface area (Å²) in [5.41, 5.74) is 23.6. The van der Waals surface area contributed by atoms with Crippen molar-refractivity contribution >= 4 is 109 Å². The second-order valence-electron chi connectivity index (χ2n) is 33.6. The first-order valence-corrected chi connectivity index (χ1v) is 41.5. The van der Waals surface area contributed by atoms with Gasteiger partial charge in [0.1, 0.15) is 22.3 Å². The molecule has 4 aromatic carbocycles. The highest BCUT2D eigenvalue weighted by atomic mass is 32.1. The normalized spacial score (nSPS) is 28.2. The molecular weight excluding hydrogens is 1320 g/mol. The minimum absolute atomic E-state index is 0.0581. The Balaban J connectivity index is 0.0000000937. The lowest BCUT2D eigenvalue weighted by Gasteiger charge is -2.63. The molecule has 11 aliphatic rings. The van der Waals surface area contributed by atoms with Crippen LogP contribution in [0.1, 0.15) is 246 Å². The molecule has 6 fully saturated rings. The van der Waals surface area contributed by atoms with Crippen molar-refractivity contribution in [1.29, 1.82) is 0 Å². The second kappa shape index (κ2) is 23.0. The van der Waals surface area contributed by atoms with Gasteiger partial charge in [-0.25, -0.2) is 0 Å². The van der Waals surface area contributed by atoms with Crippen molar-refractivity contribution in [1.82, 2.24) is 0 Å². The van der Waals surface area contributed by atoms with Crippen molar-refractivity contribution < 1.29 is 17.7 Å². The molecule has 4 bridgehead atoms. The molecule has 0 saturated heterocycles. The summed E-state index contributed by atoms with van der Waals surface area (Å²) in [5.74, 6) is 3.56. The van der Waals surface area contributed by atoms with E-state index < -0.39 is 0 Å². The monoisotopic (exact) mass is 1410 g/mol. The van der Waals surface area contributed by atoms with Crippen molar-refractivity contribution in [2.45, 2.75) is 232 Å². The summed E-state index contributed by atoms with van der Waals surface area (Å²) in [6, 6.07) is 43.6. The summed E-state index contributed by atoms with van der Waals surface area (Å²) >= 11 is 7.91. The number of fused-ring (bicyclic) bond motifs is 18. The van der Waals surface area contributed by atoms with E-state index in [1.807, 2.05) is 70.4 Å². The molecular formula is C89H98N4O4S4. The first-order chi connectivity index (χ1) is 48.8. The number of furan rings is 4. The van der Waals surface area contributed by atoms with Gasteiger partial charge in [-0.3, -0.25) is 0 Å². The topological polar surface area (TPSA) is 65.5 Å². The lowest BCUT2D eigenvalue weighted by atomic mass is 9.48. The summed E-state index contributed by atoms with van der Waals surface area (Å²) in [7, 11) is 0. The van der Waals surface area contributed by atoms with E-state index >= 15 is 0 Å². The van der Waals surface area contributed by atoms with Gasteiger partial charge in [0.2, 0.25) is 0 Å². The maximum absolute atomic E-state index is 6.06. The number of para-hydroxylation sites is 4. The van der Waals surface area contributed by atoms with E-state index in [0.29, 0.717) is 24.2 Å². The van der Waals surface area contributed by atoms with Gasteiger partial charge >= 0.3 is 0 Å². The van der Waals surface area contributed by atoms with Crippen molar-refractivity contribution in [3.05, 3.63) is 210 Å². The fourth-order valence-corrected chi connectivity index (χ4v) is 29.6. The molecule has 5 aliphatic heterocycles. The van der Waals surface area contributed by atoms with Crippen LogP contribution in [0.25, 0.3) is 41.1 Å². The Kier molecular flexibility index (Phi) is 14.8. The summed E-state index contributed by atoms with van der Waals surface area (Å²) in [5, 5.41) is 0. The highest BCUT2D eigenvalue weighted by Gasteiger charge is 2.68. The maximum atomic E-state index is 6.06. The van der Waals surface area contributed by atoms with Crippen molar-refractivity contribution in [3.8, 4) is 0 Å². The second-order valence-corrected chi connectivity index (χ2v) is 37.8. The zero-order valence-corrected chi connectivity index (χ0v) is 64.6. The van der Waals surface area contributed by atoms with Gasteiger partial charge in [-0.15, -0.1) is 45.3 Å². The van der Waals surface area contributed by atoms with Crippen molar-refractivity contribution in [3.63, 3.8) is 0 Å². The van der Waals surface area contributed by atoms with Crippen LogP contribution in [0.5, 0.6) is 0 Å². The van der Waals surface area contributed by atoms with E-state index in [1.165, 1.54) is 186 Å². The average Bonchev–Trinajstić information content (AvgIpc) is 1.54. The molecule has 0 N–H and O–H groups in total. The molecule has 6 saturated carbocycles. The van der Waals surface area contributed by atoms with Gasteiger partial charge in [0, 0.05) is 69.9 Å². The number of thiophene rings is 4. The summed E-state index contributed by atoms with van der Waals surface area (Å²) in [6.07, 6.45) is 26.4. The van der Waals surface area contributed by atoms with Crippen LogP contribution in [0, 0.1) is 56.8 Å². The van der Waals surface area contributed by atoms with E-state index in [1.54, 1.807) is 14.6 Å². The van der Waals surface area contributed by atoms with Crippen LogP contribution in [0.15, 0.2) is 158 Å². The molecule has 0 radical (unpaired) electrons. The maximum Gasteiger partial charge on any atom is 0.150 e. The number of hydrogen-bond donors (Lipinski definition) is 0. The van der Waals surface area contributed by atoms with Crippen molar-refractivity contribution in [2.24, 2.45) is 29.1 Å². The number of rotatable bonds is 3. The third-order valence-corrected chi connectivity index (χ3v) is 33.9. The lowest BCUT2D eigenvalue weighted by Crippen LogP contribution is -2.62. The third kappa shape index (κ3) is 8.62. The molecule has 101 heavy (non-hydrogen) atoms. The smallest absolute Gasteiger partial charge is 0.150 e. The molecule has 3 spiro atoms. The zero-order chi connectivity index (χ0) is 69.2. The Bertz CT molecular complexity index is 5180. The molecule has 23 rings (SSSR count). The SMILES string of the molecule is Cc1cccc2c1N1C(C)c3c(sc4ccoc34)C1(C)C(C)(C)C2(C)C.Cc1ccccc1N1C(C)c2c(sc3ccoc23)C12C1CC3CC(C1)CC2C3.Cc1ccccc1N1C(C)c2c(sc3ccoc23)C12CCCC2.Cc1ccccc1N1C(C)c2c(sc3ccoc23)C12CCCCC2. The number of benzene rings is 4. The standard InChI is InChI=1S/C25H27NOS.C23H27NOS.C21H23NOS.C20H21NOS/c1-14-5-3-4-6-20(14)26-15(2)22-23-21(7-8-27-23)28-24(22)25(26)18-10-16-9-17(12-18)13-19(25)11-16;1-13-9-8-10-15-18(13)24-14(2)17-19-16(11-12-25-19)26-20(17)23(24,7)22(5,6)21(15,3)4;1-14-8-4-5-9-16(14)22-15(2)18-19-17(10-13-23-19)24-20(18)21(22)11-6-3-7-12-21;1-13-7-3-4-8-15(13)21-14(2)17-18-16(9-12-22-18)23-19(17)20(21)10-5-6-11-20/h3-8,15-19H,9-13H2,1-2H3;8-12,14H,1-7H3;4-5,8-10,13,15H,3,6-7,11-12H2,1-2H3;3-4,7-9,12,14H,5-6,10-11H2,1-2H3. The van der Waals surface area contributed by atoms with Gasteiger partial charge in [0.05, 0.1) is 90.2 Å². The molecule has 13 heterocycles. The first kappa shape index (κ1) is 64.8. The molecule has 5 unspecified atom stereocenters. The predicted octanol–water partition coefficient (Wildman–Crippen LogP) is 26.6. The van der Waals surface area contributed by atoms with Crippen LogP contribution < -0.4 is 19.6 Å². The fraction of sp³-hybridized carbons (Fsp3) is 0.461. The molecule has 8 nitrogen and oxygen atoms in total. The molecule has 12 aromatic rings. The average molecular weight is 1420 g/mol. The fourth-order valence-electron chi connectivity index (χ4n) is 23.6. The zero-order valence-electron chi connectivity index (χ0n) is 61.4. The Morgan fingerprint density at radius 2 is 0.723 bits per heavy atom. The lowest BCUT2D eigenvalue weighted by molar-refractivity contribution is -0.0588. The molecule has 6 aliphatic carbocycles. The predicted molar refractivity (Wildman–Crippen MR) is 422 cm³/mol. The van der Waals surface area contributed by atoms with Gasteiger partial charge in [-0.2, -0.15) is 0 Å². The van der Waals surface area contributed by atoms with Gasteiger partial charge in [0.25, 0.3) is 0 Å². The molecule has 12 heteroatoms.